The molecule has 3 aromatic carbocycles. The second-order valence-electron chi connectivity index (χ2n) is 7.42. The Hall–Kier alpha value is -3.23. The molecule has 0 atom stereocenters. The van der Waals surface area contributed by atoms with Crippen molar-refractivity contribution >= 4 is 21.6 Å². The Morgan fingerprint density at radius 1 is 0.969 bits per heavy atom. The minimum absolute atomic E-state index is 0.0836. The van der Waals surface area contributed by atoms with E-state index in [-0.39, 0.29) is 28.8 Å². The Morgan fingerprint density at radius 2 is 1.66 bits per heavy atom. The van der Waals surface area contributed by atoms with Gasteiger partial charge >= 0.3 is 0 Å². The van der Waals surface area contributed by atoms with Crippen LogP contribution in [0.15, 0.2) is 77.7 Å². The molecule has 0 unspecified atom stereocenters. The normalized spacial score (nSPS) is 11.4. The molecule has 168 valence electrons. The van der Waals surface area contributed by atoms with Crippen LogP contribution in [0.1, 0.15) is 35.3 Å². The molecule has 32 heavy (non-hydrogen) atoms. The molecule has 8 heteroatoms. The van der Waals surface area contributed by atoms with Crippen LogP contribution in [-0.4, -0.2) is 20.4 Å². The van der Waals surface area contributed by atoms with E-state index >= 15 is 0 Å². The van der Waals surface area contributed by atoms with Gasteiger partial charge in [-0.2, -0.15) is 0 Å². The topological polar surface area (TPSA) is 84.5 Å². The number of rotatable bonds is 9. The van der Waals surface area contributed by atoms with Gasteiger partial charge in [-0.05, 0) is 55.3 Å². The highest BCUT2D eigenvalue weighted by Gasteiger charge is 2.18. The van der Waals surface area contributed by atoms with Crippen LogP contribution in [0, 0.1) is 5.82 Å². The first-order valence-corrected chi connectivity index (χ1v) is 11.6. The number of carbonyl (C=O) groups excluding carboxylic acids is 1. The van der Waals surface area contributed by atoms with Crippen LogP contribution in [0.3, 0.4) is 0 Å². The molecule has 0 saturated heterocycles. The van der Waals surface area contributed by atoms with Crippen molar-refractivity contribution in [1.29, 1.82) is 0 Å². The van der Waals surface area contributed by atoms with Crippen LogP contribution in [0.2, 0.25) is 0 Å². The van der Waals surface area contributed by atoms with E-state index in [0.717, 1.165) is 17.2 Å². The maximum atomic E-state index is 13.8. The van der Waals surface area contributed by atoms with Crippen LogP contribution >= 0.6 is 0 Å². The van der Waals surface area contributed by atoms with Crippen molar-refractivity contribution in [3.63, 3.8) is 0 Å². The van der Waals surface area contributed by atoms with Crippen molar-refractivity contribution in [3.05, 3.63) is 95.3 Å². The summed E-state index contributed by atoms with van der Waals surface area (Å²) in [5.74, 6) is -1.11. The van der Waals surface area contributed by atoms with Crippen molar-refractivity contribution in [3.8, 4) is 0 Å². The van der Waals surface area contributed by atoms with Crippen molar-refractivity contribution in [2.24, 2.45) is 0 Å². The lowest BCUT2D eigenvalue weighted by Gasteiger charge is -2.13. The smallest absolute Gasteiger partial charge is 0.262 e. The summed E-state index contributed by atoms with van der Waals surface area (Å²) < 4.78 is 47.0. The third-order valence-electron chi connectivity index (χ3n) is 4.65. The molecule has 3 rings (SSSR count). The summed E-state index contributed by atoms with van der Waals surface area (Å²) in [6.45, 7) is 4.60. The molecule has 0 spiro atoms. The first-order chi connectivity index (χ1) is 15.3. The Balaban J connectivity index is 1.72. The van der Waals surface area contributed by atoms with Crippen molar-refractivity contribution < 1.29 is 22.3 Å². The summed E-state index contributed by atoms with van der Waals surface area (Å²) >= 11 is 0. The van der Waals surface area contributed by atoms with Gasteiger partial charge in [0.15, 0.2) is 0 Å². The quantitative estimate of drug-likeness (QED) is 0.497. The second kappa shape index (κ2) is 10.4. The first-order valence-electron chi connectivity index (χ1n) is 10.1. The zero-order valence-corrected chi connectivity index (χ0v) is 18.7. The van der Waals surface area contributed by atoms with Crippen molar-refractivity contribution in [1.82, 2.24) is 5.32 Å². The van der Waals surface area contributed by atoms with Crippen LogP contribution in [0.5, 0.6) is 0 Å². The number of ether oxygens (including phenoxy) is 1. The van der Waals surface area contributed by atoms with Gasteiger partial charge in [0.2, 0.25) is 0 Å². The molecule has 0 saturated carbocycles. The SMILES string of the molecule is CC(C)OCc1ccccc1CNC(=O)c1cccc(S(=O)(=O)Nc2ccccc2F)c1. The second-order valence-corrected chi connectivity index (χ2v) is 9.11. The van der Waals surface area contributed by atoms with E-state index in [1.165, 1.54) is 42.5 Å². The van der Waals surface area contributed by atoms with Gasteiger partial charge in [0.05, 0.1) is 23.3 Å². The average Bonchev–Trinajstić information content (AvgIpc) is 2.78. The number of benzene rings is 3. The van der Waals surface area contributed by atoms with Crippen LogP contribution < -0.4 is 10.0 Å². The van der Waals surface area contributed by atoms with Crippen LogP contribution in [0.25, 0.3) is 0 Å². The first kappa shape index (κ1) is 23.4. The zero-order valence-electron chi connectivity index (χ0n) is 17.8. The highest BCUT2D eigenvalue weighted by Crippen LogP contribution is 2.20. The fourth-order valence-electron chi connectivity index (χ4n) is 2.96. The van der Waals surface area contributed by atoms with E-state index in [1.807, 2.05) is 38.1 Å². The number of anilines is 1. The molecule has 0 fully saturated rings. The lowest BCUT2D eigenvalue weighted by atomic mass is 10.1. The summed E-state index contributed by atoms with van der Waals surface area (Å²) in [5.41, 5.74) is 1.89. The Bertz CT molecular complexity index is 1200. The molecule has 6 nitrogen and oxygen atoms in total. The molecule has 0 aliphatic heterocycles. The van der Waals surface area contributed by atoms with Gasteiger partial charge in [-0.25, -0.2) is 12.8 Å². The van der Waals surface area contributed by atoms with E-state index in [0.29, 0.717) is 6.61 Å². The van der Waals surface area contributed by atoms with Crippen LogP contribution in [0.4, 0.5) is 10.1 Å². The minimum Gasteiger partial charge on any atom is -0.374 e. The van der Waals surface area contributed by atoms with Gasteiger partial charge in [0.1, 0.15) is 5.82 Å². The number of hydrogen-bond acceptors (Lipinski definition) is 4. The predicted octanol–water partition coefficient (Wildman–Crippen LogP) is 4.48. The predicted molar refractivity (Wildman–Crippen MR) is 121 cm³/mol. The van der Waals surface area contributed by atoms with Crippen LogP contribution in [-0.2, 0) is 27.9 Å². The van der Waals surface area contributed by atoms with E-state index in [1.54, 1.807) is 0 Å². The average molecular weight is 457 g/mol. The van der Waals surface area contributed by atoms with Gasteiger partial charge in [-0.3, -0.25) is 9.52 Å². The molecule has 0 radical (unpaired) electrons. The molecule has 3 aromatic rings. The number of sulfonamides is 1. The number of hydrogen-bond donors (Lipinski definition) is 2. The maximum Gasteiger partial charge on any atom is 0.262 e. The third-order valence-corrected chi connectivity index (χ3v) is 6.02. The highest BCUT2D eigenvalue weighted by atomic mass is 32.2. The number of nitrogens with one attached hydrogen (secondary N) is 2. The lowest BCUT2D eigenvalue weighted by Crippen LogP contribution is -2.24. The van der Waals surface area contributed by atoms with E-state index in [2.05, 4.69) is 10.0 Å². The van der Waals surface area contributed by atoms with Crippen molar-refractivity contribution in [2.45, 2.75) is 38.0 Å². The Morgan fingerprint density at radius 3 is 2.38 bits per heavy atom. The van der Waals surface area contributed by atoms with Crippen molar-refractivity contribution in [2.75, 3.05) is 4.72 Å². The number of carbonyl (C=O) groups is 1. The molecule has 1 amide bonds. The summed E-state index contributed by atoms with van der Waals surface area (Å²) in [6, 6.07) is 18.7. The molecule has 2 N–H and O–H groups in total. The number of para-hydroxylation sites is 1. The largest absolute Gasteiger partial charge is 0.374 e. The van der Waals surface area contributed by atoms with Gasteiger partial charge < -0.3 is 10.1 Å². The maximum absolute atomic E-state index is 13.8. The zero-order chi connectivity index (χ0) is 23.1. The minimum atomic E-state index is -4.07. The third kappa shape index (κ3) is 6.15. The van der Waals surface area contributed by atoms with E-state index < -0.39 is 21.7 Å². The molecule has 0 aliphatic carbocycles. The fourth-order valence-corrected chi connectivity index (χ4v) is 4.07. The number of halogens is 1. The summed E-state index contributed by atoms with van der Waals surface area (Å²) in [5, 5.41) is 2.81. The van der Waals surface area contributed by atoms with Gasteiger partial charge in [-0.1, -0.05) is 42.5 Å². The molecular formula is C24H25FN2O4S. The van der Waals surface area contributed by atoms with E-state index in [4.69, 9.17) is 4.74 Å². The highest BCUT2D eigenvalue weighted by molar-refractivity contribution is 7.92. The molecule has 0 aromatic heterocycles. The number of amides is 1. The van der Waals surface area contributed by atoms with E-state index in [9.17, 15) is 17.6 Å². The molecule has 0 aliphatic rings. The fraction of sp³-hybridized carbons (Fsp3) is 0.208. The summed E-state index contributed by atoms with van der Waals surface area (Å²) in [7, 11) is -4.07. The molecule has 0 bridgehead atoms. The van der Waals surface area contributed by atoms with Gasteiger partial charge in [0.25, 0.3) is 15.9 Å². The molecular weight excluding hydrogens is 431 g/mol. The Labute approximate surface area is 187 Å². The lowest BCUT2D eigenvalue weighted by molar-refractivity contribution is 0.0651. The van der Waals surface area contributed by atoms with Gasteiger partial charge in [0, 0.05) is 12.1 Å². The molecule has 0 heterocycles. The Kier molecular flexibility index (Phi) is 7.61. The standard InChI is InChI=1S/C24H25FN2O4S/c1-17(2)31-16-20-9-4-3-8-19(20)15-26-24(28)18-10-7-11-21(14-18)32(29,30)27-23-13-6-5-12-22(23)25/h3-14,17,27H,15-16H2,1-2H3,(H,26,28). The van der Waals surface area contributed by atoms with Gasteiger partial charge in [-0.15, -0.1) is 0 Å². The summed E-state index contributed by atoms with van der Waals surface area (Å²) in [4.78, 5) is 12.5. The summed E-state index contributed by atoms with van der Waals surface area (Å²) in [6.07, 6.45) is 0.0836. The monoisotopic (exact) mass is 456 g/mol.